The van der Waals surface area contributed by atoms with E-state index in [-0.39, 0.29) is 0 Å². The van der Waals surface area contributed by atoms with Gasteiger partial charge in [-0.05, 0) is 55.3 Å². The second-order valence-corrected chi connectivity index (χ2v) is 7.77. The van der Waals surface area contributed by atoms with Gasteiger partial charge in [0.05, 0.1) is 11.3 Å². The summed E-state index contributed by atoms with van der Waals surface area (Å²) in [4.78, 5) is 23.8. The standard InChI is InChI=1S/C19H18F4N2O3S/c1-11-3-5-14(7-12(11)2)24-17(26)9-29(28)10-18(27)25-16-8-13(19(21,22)23)4-6-15(16)20/h3-8H,9-10H2,1-2H3,(H,24,26)(H,25,27). The van der Waals surface area contributed by atoms with E-state index in [4.69, 9.17) is 0 Å². The summed E-state index contributed by atoms with van der Waals surface area (Å²) < 4.78 is 63.7. The van der Waals surface area contributed by atoms with Crippen LogP contribution in [0.25, 0.3) is 0 Å². The van der Waals surface area contributed by atoms with E-state index in [1.807, 2.05) is 19.2 Å². The molecule has 2 amide bonds. The Balaban J connectivity index is 1.93. The molecule has 1 atom stereocenters. The van der Waals surface area contributed by atoms with E-state index in [9.17, 15) is 31.4 Å². The summed E-state index contributed by atoms with van der Waals surface area (Å²) in [6.07, 6.45) is -4.71. The molecule has 2 N–H and O–H groups in total. The number of anilines is 2. The van der Waals surface area contributed by atoms with Crippen LogP contribution < -0.4 is 10.6 Å². The van der Waals surface area contributed by atoms with Crippen molar-refractivity contribution < 1.29 is 31.4 Å². The lowest BCUT2D eigenvalue weighted by atomic mass is 10.1. The minimum atomic E-state index is -4.71. The number of aryl methyl sites for hydroxylation is 2. The second-order valence-electron chi connectivity index (χ2n) is 6.32. The summed E-state index contributed by atoms with van der Waals surface area (Å²) >= 11 is 0. The largest absolute Gasteiger partial charge is 0.416 e. The van der Waals surface area contributed by atoms with Crippen molar-refractivity contribution in [3.05, 3.63) is 58.9 Å². The molecule has 0 bridgehead atoms. The molecule has 2 aromatic carbocycles. The Morgan fingerprint density at radius 1 is 0.931 bits per heavy atom. The zero-order valence-electron chi connectivity index (χ0n) is 15.5. The molecule has 0 saturated heterocycles. The molecule has 0 heterocycles. The van der Waals surface area contributed by atoms with Gasteiger partial charge in [0.15, 0.2) is 0 Å². The summed E-state index contributed by atoms with van der Waals surface area (Å²) in [7, 11) is -1.94. The molecule has 156 valence electrons. The van der Waals surface area contributed by atoms with Gasteiger partial charge < -0.3 is 10.6 Å². The first-order valence-corrected chi connectivity index (χ1v) is 9.83. The number of alkyl halides is 3. The van der Waals surface area contributed by atoms with Gasteiger partial charge in [0.25, 0.3) is 0 Å². The topological polar surface area (TPSA) is 75.3 Å². The van der Waals surface area contributed by atoms with Gasteiger partial charge in [-0.2, -0.15) is 13.2 Å². The fourth-order valence-corrected chi connectivity index (χ4v) is 3.17. The van der Waals surface area contributed by atoms with Crippen LogP contribution in [0.2, 0.25) is 0 Å². The third-order valence-electron chi connectivity index (χ3n) is 3.94. The van der Waals surface area contributed by atoms with Crippen molar-refractivity contribution >= 4 is 34.0 Å². The highest BCUT2D eigenvalue weighted by atomic mass is 32.2. The average molecular weight is 430 g/mol. The van der Waals surface area contributed by atoms with E-state index in [0.717, 1.165) is 11.1 Å². The van der Waals surface area contributed by atoms with Gasteiger partial charge in [-0.3, -0.25) is 13.8 Å². The molecule has 2 aromatic rings. The second kappa shape index (κ2) is 9.17. The predicted molar refractivity (Wildman–Crippen MR) is 102 cm³/mol. The molecule has 0 spiro atoms. The normalized spacial score (nSPS) is 12.3. The van der Waals surface area contributed by atoms with Crippen LogP contribution in [0.5, 0.6) is 0 Å². The Morgan fingerprint density at radius 3 is 2.14 bits per heavy atom. The molecule has 0 aliphatic rings. The van der Waals surface area contributed by atoms with Crippen molar-refractivity contribution in [3.8, 4) is 0 Å². The lowest BCUT2D eigenvalue weighted by Gasteiger charge is -2.11. The van der Waals surface area contributed by atoms with Crippen LogP contribution in [0.15, 0.2) is 36.4 Å². The Kier molecular flexibility index (Phi) is 7.12. The molecule has 0 aliphatic heterocycles. The number of hydrogen-bond acceptors (Lipinski definition) is 3. The monoisotopic (exact) mass is 430 g/mol. The van der Waals surface area contributed by atoms with E-state index >= 15 is 0 Å². The molecule has 5 nitrogen and oxygen atoms in total. The molecule has 2 rings (SSSR count). The van der Waals surface area contributed by atoms with Crippen molar-refractivity contribution in [1.82, 2.24) is 0 Å². The Hall–Kier alpha value is -2.75. The van der Waals surface area contributed by atoms with Gasteiger partial charge in [0, 0.05) is 16.5 Å². The molecular weight excluding hydrogens is 412 g/mol. The highest BCUT2D eigenvalue weighted by molar-refractivity contribution is 7.86. The zero-order valence-corrected chi connectivity index (χ0v) is 16.3. The molecule has 0 fully saturated rings. The summed E-state index contributed by atoms with van der Waals surface area (Å²) in [5, 5.41) is 4.50. The third kappa shape index (κ3) is 6.67. The van der Waals surface area contributed by atoms with Crippen molar-refractivity contribution in [2.75, 3.05) is 22.1 Å². The van der Waals surface area contributed by atoms with E-state index in [2.05, 4.69) is 5.32 Å². The molecule has 0 aliphatic carbocycles. The van der Waals surface area contributed by atoms with Gasteiger partial charge in [-0.1, -0.05) is 6.07 Å². The maximum atomic E-state index is 13.6. The van der Waals surface area contributed by atoms with Gasteiger partial charge >= 0.3 is 6.18 Å². The number of amides is 2. The van der Waals surface area contributed by atoms with Crippen LogP contribution in [0.4, 0.5) is 28.9 Å². The minimum absolute atomic E-state index is 0.447. The average Bonchev–Trinajstić information content (AvgIpc) is 2.58. The Morgan fingerprint density at radius 2 is 1.55 bits per heavy atom. The van der Waals surface area contributed by atoms with E-state index in [0.29, 0.717) is 23.9 Å². The van der Waals surface area contributed by atoms with E-state index in [1.165, 1.54) is 0 Å². The number of carbonyl (C=O) groups is 2. The molecule has 0 radical (unpaired) electrons. The number of hydrogen-bond donors (Lipinski definition) is 2. The molecule has 1 unspecified atom stereocenters. The lowest BCUT2D eigenvalue weighted by molar-refractivity contribution is -0.137. The SMILES string of the molecule is Cc1ccc(NC(=O)CS(=O)CC(=O)Nc2cc(C(F)(F)F)ccc2F)cc1C. The smallest absolute Gasteiger partial charge is 0.325 e. The number of halogens is 4. The molecule has 0 saturated carbocycles. The van der Waals surface area contributed by atoms with Gasteiger partial charge in [0.2, 0.25) is 11.8 Å². The fraction of sp³-hybridized carbons (Fsp3) is 0.263. The van der Waals surface area contributed by atoms with Crippen molar-refractivity contribution in [2.24, 2.45) is 0 Å². The summed E-state index contributed by atoms with van der Waals surface area (Å²) in [5.41, 5.74) is 0.673. The van der Waals surface area contributed by atoms with Gasteiger partial charge in [-0.25, -0.2) is 4.39 Å². The molecular formula is C19H18F4N2O3S. The van der Waals surface area contributed by atoms with Crippen LogP contribution >= 0.6 is 0 Å². The van der Waals surface area contributed by atoms with Crippen molar-refractivity contribution in [2.45, 2.75) is 20.0 Å². The summed E-state index contributed by atoms with van der Waals surface area (Å²) in [6, 6.07) is 6.78. The number of benzene rings is 2. The van der Waals surface area contributed by atoms with Crippen LogP contribution in [0, 0.1) is 19.7 Å². The predicted octanol–water partition coefficient (Wildman–Crippen LogP) is 3.79. The fourth-order valence-electron chi connectivity index (χ4n) is 2.34. The van der Waals surface area contributed by atoms with Crippen molar-refractivity contribution in [3.63, 3.8) is 0 Å². The first-order chi connectivity index (χ1) is 13.5. The zero-order chi connectivity index (χ0) is 21.8. The summed E-state index contributed by atoms with van der Waals surface area (Å²) in [5.74, 6) is -3.80. The molecule has 10 heteroatoms. The summed E-state index contributed by atoms with van der Waals surface area (Å²) in [6.45, 7) is 3.77. The quantitative estimate of drug-likeness (QED) is 0.685. The van der Waals surface area contributed by atoms with Crippen LogP contribution in [-0.2, 0) is 26.6 Å². The maximum absolute atomic E-state index is 13.6. The minimum Gasteiger partial charge on any atom is -0.325 e. The van der Waals surface area contributed by atoms with Crippen LogP contribution in [0.1, 0.15) is 16.7 Å². The lowest BCUT2D eigenvalue weighted by Crippen LogP contribution is -2.26. The number of nitrogens with one attached hydrogen (secondary N) is 2. The van der Waals surface area contributed by atoms with Crippen LogP contribution in [-0.4, -0.2) is 27.5 Å². The molecule has 29 heavy (non-hydrogen) atoms. The first kappa shape index (κ1) is 22.5. The Labute approximate surface area is 167 Å². The Bertz CT molecular complexity index is 961. The van der Waals surface area contributed by atoms with E-state index < -0.39 is 57.4 Å². The third-order valence-corrected chi connectivity index (χ3v) is 5.11. The van der Waals surface area contributed by atoms with Crippen molar-refractivity contribution in [1.29, 1.82) is 0 Å². The van der Waals surface area contributed by atoms with Gasteiger partial charge in [-0.15, -0.1) is 0 Å². The van der Waals surface area contributed by atoms with E-state index in [1.54, 1.807) is 18.2 Å². The molecule has 0 aromatic heterocycles. The van der Waals surface area contributed by atoms with Gasteiger partial charge in [0.1, 0.15) is 17.3 Å². The maximum Gasteiger partial charge on any atom is 0.416 e. The number of rotatable bonds is 6. The van der Waals surface area contributed by atoms with Crippen LogP contribution in [0.3, 0.4) is 0 Å². The number of carbonyl (C=O) groups excluding carboxylic acids is 2. The first-order valence-electron chi connectivity index (χ1n) is 8.34. The highest BCUT2D eigenvalue weighted by Crippen LogP contribution is 2.31. The highest BCUT2D eigenvalue weighted by Gasteiger charge is 2.31.